The molecule has 0 radical (unpaired) electrons. The van der Waals surface area contributed by atoms with Gasteiger partial charge in [0.2, 0.25) is 0 Å². The van der Waals surface area contributed by atoms with Gasteiger partial charge in [0.25, 0.3) is 0 Å². The average Bonchev–Trinajstić information content (AvgIpc) is 3.47. The van der Waals surface area contributed by atoms with Crippen LogP contribution in [0.25, 0.3) is 16.6 Å². The zero-order valence-electron chi connectivity index (χ0n) is 16.7. The van der Waals surface area contributed by atoms with E-state index in [0.717, 1.165) is 52.4 Å². The van der Waals surface area contributed by atoms with Gasteiger partial charge in [-0.1, -0.05) is 17.8 Å². The molecule has 1 aromatic carbocycles. The molecule has 5 rings (SSSR count). The van der Waals surface area contributed by atoms with E-state index >= 15 is 0 Å². The number of nitrogens with one attached hydrogen (secondary N) is 1. The van der Waals surface area contributed by atoms with Crippen LogP contribution in [0.4, 0.5) is 0 Å². The zero-order chi connectivity index (χ0) is 21.2. The Bertz CT molecular complexity index is 1330. The quantitative estimate of drug-likeness (QED) is 0.531. The van der Waals surface area contributed by atoms with Crippen LogP contribution in [-0.2, 0) is 0 Å². The smallest absolute Gasteiger partial charge is 0.103 e. The van der Waals surface area contributed by atoms with Crippen LogP contribution in [0.5, 0.6) is 0 Å². The topological polar surface area (TPSA) is 94.7 Å². The Hall–Kier alpha value is -3.59. The summed E-state index contributed by atoms with van der Waals surface area (Å²) in [6, 6.07) is 14.4. The van der Waals surface area contributed by atoms with Crippen LogP contribution in [0.3, 0.4) is 0 Å². The van der Waals surface area contributed by atoms with E-state index < -0.39 is 0 Å². The molecule has 1 N–H and O–H groups in total. The molecule has 31 heavy (non-hydrogen) atoms. The molecule has 0 saturated carbocycles. The SMILES string of the molecule is N#Cc1cccc(Sc2cc(-c3cnn(C4CCNCC4)c3)cn3ncc(C#N)c23)c1. The first-order chi connectivity index (χ1) is 15.2. The van der Waals surface area contributed by atoms with Crippen LogP contribution in [-0.4, -0.2) is 32.5 Å². The molecule has 1 saturated heterocycles. The summed E-state index contributed by atoms with van der Waals surface area (Å²) in [5.41, 5.74) is 3.90. The predicted molar refractivity (Wildman–Crippen MR) is 118 cm³/mol. The molecule has 1 fully saturated rings. The van der Waals surface area contributed by atoms with Crippen molar-refractivity contribution in [3.8, 4) is 23.3 Å². The summed E-state index contributed by atoms with van der Waals surface area (Å²) in [6.45, 7) is 2.02. The van der Waals surface area contributed by atoms with E-state index in [9.17, 15) is 10.5 Å². The molecule has 1 aliphatic rings. The van der Waals surface area contributed by atoms with Crippen molar-refractivity contribution in [2.45, 2.75) is 28.7 Å². The normalized spacial score (nSPS) is 14.4. The van der Waals surface area contributed by atoms with E-state index in [2.05, 4.69) is 44.6 Å². The van der Waals surface area contributed by atoms with Crippen molar-refractivity contribution in [2.75, 3.05) is 13.1 Å². The lowest BCUT2D eigenvalue weighted by Gasteiger charge is -2.22. The maximum atomic E-state index is 9.56. The van der Waals surface area contributed by atoms with Gasteiger partial charge in [-0.25, -0.2) is 4.52 Å². The second kappa shape index (κ2) is 8.27. The third kappa shape index (κ3) is 3.79. The molecule has 3 aromatic heterocycles. The van der Waals surface area contributed by atoms with Gasteiger partial charge in [-0.05, 0) is 50.2 Å². The number of hydrogen-bond donors (Lipinski definition) is 1. The van der Waals surface area contributed by atoms with Crippen molar-refractivity contribution in [2.24, 2.45) is 0 Å². The molecule has 0 amide bonds. The Labute approximate surface area is 183 Å². The van der Waals surface area contributed by atoms with E-state index in [1.807, 2.05) is 30.6 Å². The highest BCUT2D eigenvalue weighted by Crippen LogP contribution is 2.36. The second-order valence-electron chi connectivity index (χ2n) is 7.49. The fourth-order valence-corrected chi connectivity index (χ4v) is 4.99. The summed E-state index contributed by atoms with van der Waals surface area (Å²) in [5, 5.41) is 31.2. The monoisotopic (exact) mass is 425 g/mol. The molecule has 1 aliphatic heterocycles. The molecular weight excluding hydrogens is 406 g/mol. The largest absolute Gasteiger partial charge is 0.317 e. The molecule has 0 aliphatic carbocycles. The van der Waals surface area contributed by atoms with Gasteiger partial charge in [0.1, 0.15) is 6.07 Å². The van der Waals surface area contributed by atoms with Crippen LogP contribution >= 0.6 is 11.8 Å². The van der Waals surface area contributed by atoms with Crippen LogP contribution in [0.2, 0.25) is 0 Å². The van der Waals surface area contributed by atoms with Gasteiger partial charge in [-0.15, -0.1) is 0 Å². The Morgan fingerprint density at radius 1 is 1.00 bits per heavy atom. The molecule has 4 aromatic rings. The summed E-state index contributed by atoms with van der Waals surface area (Å²) in [7, 11) is 0. The lowest BCUT2D eigenvalue weighted by atomic mass is 10.1. The zero-order valence-corrected chi connectivity index (χ0v) is 17.5. The minimum Gasteiger partial charge on any atom is -0.317 e. The van der Waals surface area contributed by atoms with Crippen molar-refractivity contribution in [3.63, 3.8) is 0 Å². The number of aromatic nitrogens is 4. The first-order valence-electron chi connectivity index (χ1n) is 10.1. The Morgan fingerprint density at radius 2 is 1.87 bits per heavy atom. The fourth-order valence-electron chi connectivity index (χ4n) is 3.92. The van der Waals surface area contributed by atoms with Crippen LogP contribution in [0.1, 0.15) is 30.0 Å². The first-order valence-corrected chi connectivity index (χ1v) is 10.9. The molecule has 0 spiro atoms. The summed E-state index contributed by atoms with van der Waals surface area (Å²) in [5.74, 6) is 0. The van der Waals surface area contributed by atoms with Gasteiger partial charge in [0.15, 0.2) is 0 Å². The highest BCUT2D eigenvalue weighted by atomic mass is 32.2. The van der Waals surface area contributed by atoms with Gasteiger partial charge < -0.3 is 5.32 Å². The van der Waals surface area contributed by atoms with Gasteiger partial charge in [-0.2, -0.15) is 20.7 Å². The second-order valence-corrected chi connectivity index (χ2v) is 8.60. The summed E-state index contributed by atoms with van der Waals surface area (Å²) in [6.07, 6.45) is 9.66. The van der Waals surface area contributed by atoms with E-state index in [1.165, 1.54) is 11.8 Å². The molecule has 8 heteroatoms. The van der Waals surface area contributed by atoms with Crippen molar-refractivity contribution in [3.05, 3.63) is 66.2 Å². The van der Waals surface area contributed by atoms with Crippen LogP contribution in [0, 0.1) is 22.7 Å². The summed E-state index contributed by atoms with van der Waals surface area (Å²) in [4.78, 5) is 1.85. The lowest BCUT2D eigenvalue weighted by molar-refractivity contribution is 0.343. The number of hydrogen-bond acceptors (Lipinski definition) is 6. The Kier molecular flexibility index (Phi) is 5.17. The minimum absolute atomic E-state index is 0.413. The van der Waals surface area contributed by atoms with Gasteiger partial charge in [0, 0.05) is 33.3 Å². The molecule has 0 atom stereocenters. The average molecular weight is 426 g/mol. The number of pyridine rings is 1. The van der Waals surface area contributed by atoms with E-state index in [1.54, 1.807) is 16.8 Å². The van der Waals surface area contributed by atoms with E-state index in [0.29, 0.717) is 17.2 Å². The minimum atomic E-state index is 0.413. The third-order valence-corrected chi connectivity index (χ3v) is 6.53. The summed E-state index contributed by atoms with van der Waals surface area (Å²) >= 11 is 1.53. The number of benzene rings is 1. The third-order valence-electron chi connectivity index (χ3n) is 5.51. The molecule has 0 bridgehead atoms. The van der Waals surface area contributed by atoms with Crippen molar-refractivity contribution >= 4 is 17.3 Å². The lowest BCUT2D eigenvalue weighted by Crippen LogP contribution is -2.29. The Morgan fingerprint density at radius 3 is 2.68 bits per heavy atom. The highest BCUT2D eigenvalue weighted by Gasteiger charge is 2.18. The fraction of sp³-hybridized carbons (Fsp3) is 0.217. The van der Waals surface area contributed by atoms with Gasteiger partial charge >= 0.3 is 0 Å². The standard InChI is InChI=1S/C23H19N7S/c24-10-16-2-1-3-21(8-16)31-22-9-17(14-30-23(22)18(11-25)12-28-30)19-13-27-29(15-19)20-4-6-26-7-5-20/h1-3,8-9,12-15,20,26H,4-7H2. The van der Waals surface area contributed by atoms with Crippen LogP contribution in [0.15, 0.2) is 64.9 Å². The van der Waals surface area contributed by atoms with E-state index in [4.69, 9.17) is 0 Å². The molecule has 152 valence electrons. The number of fused-ring (bicyclic) bond motifs is 1. The number of rotatable bonds is 4. The van der Waals surface area contributed by atoms with Crippen molar-refractivity contribution in [1.82, 2.24) is 24.7 Å². The molecule has 7 nitrogen and oxygen atoms in total. The number of nitrogens with zero attached hydrogens (tertiary/aromatic N) is 6. The predicted octanol–water partition coefficient (Wildman–Crippen LogP) is 4.02. The van der Waals surface area contributed by atoms with Gasteiger partial charge in [0.05, 0.1) is 41.1 Å². The first kappa shape index (κ1) is 19.4. The number of nitriles is 2. The Balaban J connectivity index is 1.56. The van der Waals surface area contributed by atoms with E-state index in [-0.39, 0.29) is 0 Å². The van der Waals surface area contributed by atoms with Crippen molar-refractivity contribution in [1.29, 1.82) is 10.5 Å². The van der Waals surface area contributed by atoms with Crippen molar-refractivity contribution < 1.29 is 0 Å². The molecule has 0 unspecified atom stereocenters. The van der Waals surface area contributed by atoms with Crippen LogP contribution < -0.4 is 5.32 Å². The maximum Gasteiger partial charge on any atom is 0.103 e. The summed E-state index contributed by atoms with van der Waals surface area (Å²) < 4.78 is 3.82. The highest BCUT2D eigenvalue weighted by molar-refractivity contribution is 7.99. The maximum absolute atomic E-state index is 9.56. The molecular formula is C23H19N7S. The molecule has 4 heterocycles. The van der Waals surface area contributed by atoms with Gasteiger partial charge in [-0.3, -0.25) is 4.68 Å². The number of piperidine rings is 1.